The summed E-state index contributed by atoms with van der Waals surface area (Å²) >= 11 is 7.31. The monoisotopic (exact) mass is 231 g/mol. The van der Waals surface area contributed by atoms with E-state index in [9.17, 15) is 4.79 Å². The van der Waals surface area contributed by atoms with Crippen LogP contribution in [0.5, 0.6) is 0 Å². The Balaban J connectivity index is 3.02. The highest BCUT2D eigenvalue weighted by atomic mass is 35.5. The highest BCUT2D eigenvalue weighted by Crippen LogP contribution is 2.28. The lowest BCUT2D eigenvalue weighted by Crippen LogP contribution is -2.45. The summed E-state index contributed by atoms with van der Waals surface area (Å²) in [6.07, 6.45) is 0. The van der Waals surface area contributed by atoms with E-state index in [1.54, 1.807) is 6.07 Å². The minimum absolute atomic E-state index is 0.0718. The van der Waals surface area contributed by atoms with E-state index < -0.39 is 5.54 Å². The summed E-state index contributed by atoms with van der Waals surface area (Å²) in [5, 5.41) is 2.39. The van der Waals surface area contributed by atoms with E-state index in [4.69, 9.17) is 11.6 Å². The molecular formula is C10H14ClNOS. The molecule has 0 radical (unpaired) electrons. The van der Waals surface area contributed by atoms with Crippen LogP contribution >= 0.6 is 22.9 Å². The fraction of sp³-hybridized carbons (Fsp3) is 0.500. The van der Waals surface area contributed by atoms with Crippen LogP contribution < -0.4 is 0 Å². The molecule has 0 bridgehead atoms. The number of ketones is 1. The third-order valence-electron chi connectivity index (χ3n) is 2.50. The van der Waals surface area contributed by atoms with Gasteiger partial charge in [-0.15, -0.1) is 11.3 Å². The summed E-state index contributed by atoms with van der Waals surface area (Å²) < 4.78 is 0. The van der Waals surface area contributed by atoms with Gasteiger partial charge in [0.05, 0.1) is 15.4 Å². The van der Waals surface area contributed by atoms with Crippen LogP contribution in [0.15, 0.2) is 11.4 Å². The molecule has 1 aromatic heterocycles. The van der Waals surface area contributed by atoms with Crippen molar-refractivity contribution in [1.29, 1.82) is 0 Å². The molecular weight excluding hydrogens is 218 g/mol. The standard InChI is InChI=1S/C10H14ClNOS/c1-10(2,12(3)4)9(13)8-7(11)5-6-14-8/h5-6H,1-4H3. The van der Waals surface area contributed by atoms with E-state index in [0.29, 0.717) is 9.90 Å². The Morgan fingerprint density at radius 2 is 2.07 bits per heavy atom. The average Bonchev–Trinajstić information content (AvgIpc) is 2.49. The molecule has 0 aliphatic heterocycles. The molecule has 0 saturated carbocycles. The SMILES string of the molecule is CN(C)C(C)(C)C(=O)c1sccc1Cl. The number of carbonyl (C=O) groups excluding carboxylic acids is 1. The van der Waals surface area contributed by atoms with Crippen molar-refractivity contribution < 1.29 is 4.79 Å². The van der Waals surface area contributed by atoms with Crippen molar-refractivity contribution in [1.82, 2.24) is 4.90 Å². The van der Waals surface area contributed by atoms with Crippen molar-refractivity contribution in [3.05, 3.63) is 21.3 Å². The zero-order valence-electron chi connectivity index (χ0n) is 8.80. The highest BCUT2D eigenvalue weighted by molar-refractivity contribution is 7.12. The number of Topliss-reactive ketones (excluding diaryl/α,β-unsaturated/α-hetero) is 1. The van der Waals surface area contributed by atoms with Crippen molar-refractivity contribution >= 4 is 28.7 Å². The van der Waals surface area contributed by atoms with Crippen LogP contribution in [0.25, 0.3) is 0 Å². The number of carbonyl (C=O) groups is 1. The molecule has 0 N–H and O–H groups in total. The molecule has 14 heavy (non-hydrogen) atoms. The third kappa shape index (κ3) is 2.00. The van der Waals surface area contributed by atoms with Gasteiger partial charge in [0, 0.05) is 0 Å². The predicted octanol–water partition coefficient (Wildman–Crippen LogP) is 2.92. The zero-order chi connectivity index (χ0) is 10.9. The summed E-state index contributed by atoms with van der Waals surface area (Å²) in [5.74, 6) is 0.0718. The largest absolute Gasteiger partial charge is 0.297 e. The van der Waals surface area contributed by atoms with E-state index in [-0.39, 0.29) is 5.78 Å². The molecule has 1 aromatic rings. The lowest BCUT2D eigenvalue weighted by atomic mass is 9.96. The van der Waals surface area contributed by atoms with E-state index >= 15 is 0 Å². The van der Waals surface area contributed by atoms with Crippen LogP contribution in [-0.2, 0) is 0 Å². The summed E-state index contributed by atoms with van der Waals surface area (Å²) in [6, 6.07) is 1.76. The molecule has 0 aromatic carbocycles. The Morgan fingerprint density at radius 1 is 1.50 bits per heavy atom. The number of rotatable bonds is 3. The maximum absolute atomic E-state index is 12.1. The molecule has 0 aliphatic rings. The molecule has 2 nitrogen and oxygen atoms in total. The Labute approximate surface area is 93.5 Å². The Hall–Kier alpha value is -0.380. The fourth-order valence-electron chi connectivity index (χ4n) is 0.937. The number of nitrogens with zero attached hydrogens (tertiary/aromatic N) is 1. The van der Waals surface area contributed by atoms with Crippen molar-refractivity contribution in [2.45, 2.75) is 19.4 Å². The van der Waals surface area contributed by atoms with Crippen LogP contribution in [-0.4, -0.2) is 30.3 Å². The van der Waals surface area contributed by atoms with Gasteiger partial charge < -0.3 is 0 Å². The predicted molar refractivity (Wildman–Crippen MR) is 61.4 cm³/mol. The van der Waals surface area contributed by atoms with Crippen LogP contribution in [0, 0.1) is 0 Å². The minimum Gasteiger partial charge on any atom is -0.297 e. The summed E-state index contributed by atoms with van der Waals surface area (Å²) in [4.78, 5) is 14.6. The lowest BCUT2D eigenvalue weighted by molar-refractivity contribution is 0.0760. The molecule has 0 fully saturated rings. The second-order valence-electron chi connectivity index (χ2n) is 3.88. The van der Waals surface area contributed by atoms with Crippen molar-refractivity contribution in [2.75, 3.05) is 14.1 Å². The summed E-state index contributed by atoms with van der Waals surface area (Å²) in [6.45, 7) is 3.79. The second-order valence-corrected chi connectivity index (χ2v) is 5.20. The fourth-order valence-corrected chi connectivity index (χ4v) is 2.17. The topological polar surface area (TPSA) is 20.3 Å². The van der Waals surface area contributed by atoms with E-state index in [2.05, 4.69) is 0 Å². The number of halogens is 1. The van der Waals surface area contributed by atoms with Crippen molar-refractivity contribution in [3.8, 4) is 0 Å². The number of hydrogen-bond acceptors (Lipinski definition) is 3. The minimum atomic E-state index is -0.505. The first-order chi connectivity index (χ1) is 6.37. The third-order valence-corrected chi connectivity index (χ3v) is 3.84. The molecule has 0 unspecified atom stereocenters. The number of likely N-dealkylation sites (N-methyl/N-ethyl adjacent to an activating group) is 1. The normalized spacial score (nSPS) is 12.1. The van der Waals surface area contributed by atoms with Gasteiger partial charge in [-0.2, -0.15) is 0 Å². The van der Waals surface area contributed by atoms with Gasteiger partial charge in [0.2, 0.25) is 0 Å². The Bertz CT molecular complexity index is 344. The zero-order valence-corrected chi connectivity index (χ0v) is 10.4. The van der Waals surface area contributed by atoms with Gasteiger partial charge in [0.1, 0.15) is 0 Å². The van der Waals surface area contributed by atoms with Gasteiger partial charge in [0.25, 0.3) is 0 Å². The molecule has 0 saturated heterocycles. The average molecular weight is 232 g/mol. The highest BCUT2D eigenvalue weighted by Gasteiger charge is 2.32. The van der Waals surface area contributed by atoms with E-state index in [1.807, 2.05) is 38.2 Å². The van der Waals surface area contributed by atoms with Gasteiger partial charge in [-0.05, 0) is 39.4 Å². The van der Waals surface area contributed by atoms with Gasteiger partial charge in [-0.25, -0.2) is 0 Å². The molecule has 0 amide bonds. The van der Waals surface area contributed by atoms with Gasteiger partial charge in [-0.1, -0.05) is 11.6 Å². The van der Waals surface area contributed by atoms with Crippen LogP contribution in [0.2, 0.25) is 5.02 Å². The first-order valence-corrected chi connectivity index (χ1v) is 5.58. The molecule has 0 aliphatic carbocycles. The van der Waals surface area contributed by atoms with Gasteiger partial charge >= 0.3 is 0 Å². The van der Waals surface area contributed by atoms with E-state index in [1.165, 1.54) is 11.3 Å². The molecule has 0 atom stereocenters. The van der Waals surface area contributed by atoms with Crippen LogP contribution in [0.1, 0.15) is 23.5 Å². The molecule has 1 heterocycles. The van der Waals surface area contributed by atoms with Crippen molar-refractivity contribution in [2.24, 2.45) is 0 Å². The molecule has 1 rings (SSSR count). The smallest absolute Gasteiger partial charge is 0.193 e. The Morgan fingerprint density at radius 3 is 2.43 bits per heavy atom. The summed E-state index contributed by atoms with van der Waals surface area (Å²) in [5.41, 5.74) is -0.505. The lowest BCUT2D eigenvalue weighted by Gasteiger charge is -2.30. The van der Waals surface area contributed by atoms with E-state index in [0.717, 1.165) is 0 Å². The van der Waals surface area contributed by atoms with Crippen LogP contribution in [0.3, 0.4) is 0 Å². The number of thiophene rings is 1. The quantitative estimate of drug-likeness (QED) is 0.746. The van der Waals surface area contributed by atoms with Gasteiger partial charge in [0.15, 0.2) is 5.78 Å². The van der Waals surface area contributed by atoms with Crippen LogP contribution in [0.4, 0.5) is 0 Å². The van der Waals surface area contributed by atoms with Gasteiger partial charge in [-0.3, -0.25) is 9.69 Å². The Kier molecular flexibility index (Phi) is 3.35. The number of hydrogen-bond donors (Lipinski definition) is 0. The second kappa shape index (κ2) is 4.01. The molecule has 4 heteroatoms. The first kappa shape index (κ1) is 11.7. The first-order valence-electron chi connectivity index (χ1n) is 4.32. The van der Waals surface area contributed by atoms with Crippen molar-refractivity contribution in [3.63, 3.8) is 0 Å². The maximum atomic E-state index is 12.1. The maximum Gasteiger partial charge on any atom is 0.193 e. The molecule has 78 valence electrons. The summed E-state index contributed by atoms with van der Waals surface area (Å²) in [7, 11) is 3.78. The molecule has 0 spiro atoms.